The summed E-state index contributed by atoms with van der Waals surface area (Å²) in [5.41, 5.74) is 0. The van der Waals surface area contributed by atoms with Gasteiger partial charge in [0.15, 0.2) is 0 Å². The molecule has 1 saturated heterocycles. The lowest BCUT2D eigenvalue weighted by atomic mass is 9.97. The van der Waals surface area contributed by atoms with Crippen LogP contribution in [0.2, 0.25) is 0 Å². The fraction of sp³-hybridized carbons (Fsp3) is 0.667. The molecule has 0 amide bonds. The van der Waals surface area contributed by atoms with Crippen molar-refractivity contribution in [2.75, 3.05) is 13.1 Å². The van der Waals surface area contributed by atoms with Crippen molar-refractivity contribution in [1.29, 1.82) is 0 Å². The van der Waals surface area contributed by atoms with Crippen LogP contribution in [-0.2, 0) is 9.59 Å². The average Bonchev–Trinajstić information content (AvgIpc) is 2.32. The van der Waals surface area contributed by atoms with Gasteiger partial charge >= 0.3 is 11.9 Å². The molecular weight excluding hydrogens is 150 g/mol. The SMILES string of the molecule is O=C(O)[C@H]1CNC[C@H]1C(=O)O. The van der Waals surface area contributed by atoms with Gasteiger partial charge in [0, 0.05) is 13.1 Å². The van der Waals surface area contributed by atoms with Crippen LogP contribution in [0.15, 0.2) is 0 Å². The minimum absolute atomic E-state index is 0.256. The van der Waals surface area contributed by atoms with Crippen molar-refractivity contribution in [3.8, 4) is 0 Å². The molecule has 3 N–H and O–H groups in total. The van der Waals surface area contributed by atoms with Crippen LogP contribution < -0.4 is 5.32 Å². The second kappa shape index (κ2) is 2.87. The number of nitrogens with one attached hydrogen (secondary N) is 1. The lowest BCUT2D eigenvalue weighted by Crippen LogP contribution is -2.28. The molecule has 62 valence electrons. The van der Waals surface area contributed by atoms with Crippen LogP contribution in [-0.4, -0.2) is 35.2 Å². The summed E-state index contributed by atoms with van der Waals surface area (Å²) >= 11 is 0. The number of carbonyl (C=O) groups is 2. The molecule has 0 saturated carbocycles. The van der Waals surface area contributed by atoms with Gasteiger partial charge in [0.05, 0.1) is 11.8 Å². The van der Waals surface area contributed by atoms with Gasteiger partial charge in [-0.15, -0.1) is 0 Å². The smallest absolute Gasteiger partial charge is 0.308 e. The van der Waals surface area contributed by atoms with Gasteiger partial charge in [-0.1, -0.05) is 0 Å². The molecule has 1 rings (SSSR count). The normalized spacial score (nSPS) is 30.2. The van der Waals surface area contributed by atoms with Gasteiger partial charge in [-0.05, 0) is 0 Å². The summed E-state index contributed by atoms with van der Waals surface area (Å²) in [7, 11) is 0. The Morgan fingerprint density at radius 1 is 1.09 bits per heavy atom. The van der Waals surface area contributed by atoms with Crippen LogP contribution in [0.25, 0.3) is 0 Å². The highest BCUT2D eigenvalue weighted by atomic mass is 16.4. The van der Waals surface area contributed by atoms with Gasteiger partial charge in [0.25, 0.3) is 0 Å². The maximum atomic E-state index is 10.4. The predicted octanol–water partition coefficient (Wildman–Crippen LogP) is -1.01. The third-order valence-corrected chi connectivity index (χ3v) is 1.85. The summed E-state index contributed by atoms with van der Waals surface area (Å²) in [5, 5.41) is 19.8. The molecule has 5 heteroatoms. The van der Waals surface area contributed by atoms with Gasteiger partial charge in [0.1, 0.15) is 0 Å². The Morgan fingerprint density at radius 2 is 1.45 bits per heavy atom. The monoisotopic (exact) mass is 159 g/mol. The van der Waals surface area contributed by atoms with Crippen molar-refractivity contribution in [3.63, 3.8) is 0 Å². The highest BCUT2D eigenvalue weighted by Gasteiger charge is 2.37. The Bertz CT molecular complexity index is 171. The van der Waals surface area contributed by atoms with Crippen molar-refractivity contribution in [2.24, 2.45) is 11.8 Å². The molecule has 0 aliphatic carbocycles. The molecule has 5 nitrogen and oxygen atoms in total. The minimum atomic E-state index is -1.04. The van der Waals surface area contributed by atoms with E-state index in [9.17, 15) is 9.59 Å². The highest BCUT2D eigenvalue weighted by Crippen LogP contribution is 2.16. The Labute approximate surface area is 63.0 Å². The van der Waals surface area contributed by atoms with E-state index in [4.69, 9.17) is 10.2 Å². The fourth-order valence-corrected chi connectivity index (χ4v) is 1.20. The number of hydrogen-bond acceptors (Lipinski definition) is 3. The molecule has 0 spiro atoms. The zero-order valence-electron chi connectivity index (χ0n) is 5.78. The molecule has 0 unspecified atom stereocenters. The van der Waals surface area contributed by atoms with E-state index < -0.39 is 23.8 Å². The van der Waals surface area contributed by atoms with E-state index in [0.717, 1.165) is 0 Å². The van der Waals surface area contributed by atoms with Crippen LogP contribution in [0.1, 0.15) is 0 Å². The standard InChI is InChI=1S/C6H9NO4/c8-5(9)3-1-7-2-4(3)6(10)11/h3-4,7H,1-2H2,(H,8,9)(H,10,11)/t3-,4+. The van der Waals surface area contributed by atoms with E-state index in [-0.39, 0.29) is 13.1 Å². The van der Waals surface area contributed by atoms with Gasteiger partial charge < -0.3 is 15.5 Å². The summed E-state index contributed by atoms with van der Waals surface area (Å²) in [6.45, 7) is 0.513. The molecule has 1 aliphatic rings. The molecule has 0 bridgehead atoms. The molecule has 1 fully saturated rings. The lowest BCUT2D eigenvalue weighted by Gasteiger charge is -2.07. The van der Waals surface area contributed by atoms with E-state index >= 15 is 0 Å². The molecule has 0 aromatic rings. The van der Waals surface area contributed by atoms with E-state index in [1.54, 1.807) is 0 Å². The maximum Gasteiger partial charge on any atom is 0.308 e. The quantitative estimate of drug-likeness (QED) is 0.480. The summed E-state index contributed by atoms with van der Waals surface area (Å²) in [4.78, 5) is 20.8. The van der Waals surface area contributed by atoms with E-state index in [0.29, 0.717) is 0 Å². The van der Waals surface area contributed by atoms with Crippen molar-refractivity contribution in [3.05, 3.63) is 0 Å². The molecule has 11 heavy (non-hydrogen) atoms. The molecule has 0 aromatic heterocycles. The number of aliphatic carboxylic acids is 2. The second-order valence-electron chi connectivity index (χ2n) is 2.55. The lowest BCUT2D eigenvalue weighted by molar-refractivity contribution is -0.151. The Morgan fingerprint density at radius 3 is 1.73 bits per heavy atom. The van der Waals surface area contributed by atoms with Crippen LogP contribution in [0.3, 0.4) is 0 Å². The van der Waals surface area contributed by atoms with Crippen LogP contribution in [0.5, 0.6) is 0 Å². The summed E-state index contributed by atoms with van der Waals surface area (Å²) < 4.78 is 0. The third-order valence-electron chi connectivity index (χ3n) is 1.85. The fourth-order valence-electron chi connectivity index (χ4n) is 1.20. The van der Waals surface area contributed by atoms with Gasteiger partial charge in [-0.3, -0.25) is 9.59 Å². The Balaban J connectivity index is 2.65. The average molecular weight is 159 g/mol. The van der Waals surface area contributed by atoms with Crippen molar-refractivity contribution in [2.45, 2.75) is 0 Å². The molecule has 0 aromatic carbocycles. The first kappa shape index (κ1) is 8.00. The molecule has 0 radical (unpaired) electrons. The Kier molecular flexibility index (Phi) is 2.09. The number of carboxylic acids is 2. The maximum absolute atomic E-state index is 10.4. The second-order valence-corrected chi connectivity index (χ2v) is 2.55. The number of carboxylic acid groups (broad SMARTS) is 2. The summed E-state index contributed by atoms with van der Waals surface area (Å²) in [6, 6.07) is 0. The zero-order chi connectivity index (χ0) is 8.43. The van der Waals surface area contributed by atoms with Crippen molar-refractivity contribution >= 4 is 11.9 Å². The van der Waals surface area contributed by atoms with Crippen molar-refractivity contribution in [1.82, 2.24) is 5.32 Å². The number of hydrogen-bond donors (Lipinski definition) is 3. The first-order chi connectivity index (χ1) is 5.13. The zero-order valence-corrected chi connectivity index (χ0v) is 5.78. The molecule has 1 heterocycles. The summed E-state index contributed by atoms with van der Waals surface area (Å²) in [5.74, 6) is -3.62. The topological polar surface area (TPSA) is 86.6 Å². The number of rotatable bonds is 2. The minimum Gasteiger partial charge on any atom is -0.481 e. The first-order valence-electron chi connectivity index (χ1n) is 3.29. The predicted molar refractivity (Wildman–Crippen MR) is 35.1 cm³/mol. The first-order valence-corrected chi connectivity index (χ1v) is 3.29. The van der Waals surface area contributed by atoms with Gasteiger partial charge in [0.2, 0.25) is 0 Å². The molecule has 2 atom stereocenters. The Hall–Kier alpha value is -1.10. The van der Waals surface area contributed by atoms with E-state index in [2.05, 4.69) is 5.32 Å². The van der Waals surface area contributed by atoms with Crippen LogP contribution in [0.4, 0.5) is 0 Å². The van der Waals surface area contributed by atoms with Crippen molar-refractivity contribution < 1.29 is 19.8 Å². The third kappa shape index (κ3) is 1.48. The largest absolute Gasteiger partial charge is 0.481 e. The van der Waals surface area contributed by atoms with Gasteiger partial charge in [-0.25, -0.2) is 0 Å². The van der Waals surface area contributed by atoms with E-state index in [1.807, 2.05) is 0 Å². The van der Waals surface area contributed by atoms with Crippen LogP contribution >= 0.6 is 0 Å². The van der Waals surface area contributed by atoms with Crippen LogP contribution in [0, 0.1) is 11.8 Å². The van der Waals surface area contributed by atoms with Gasteiger partial charge in [-0.2, -0.15) is 0 Å². The highest BCUT2D eigenvalue weighted by molar-refractivity contribution is 5.81. The van der Waals surface area contributed by atoms with E-state index in [1.165, 1.54) is 0 Å². The molecule has 1 aliphatic heterocycles. The molecular formula is C6H9NO4. The summed E-state index contributed by atoms with van der Waals surface area (Å²) in [6.07, 6.45) is 0.